The molecule has 1 aliphatic heterocycles. The molecule has 0 atom stereocenters. The molecule has 1 aromatic rings. The summed E-state index contributed by atoms with van der Waals surface area (Å²) in [5, 5.41) is 0. The van der Waals surface area contributed by atoms with Crippen molar-refractivity contribution in [3.63, 3.8) is 0 Å². The zero-order valence-corrected chi connectivity index (χ0v) is 7.05. The highest BCUT2D eigenvalue weighted by Crippen LogP contribution is 2.48. The zero-order valence-electron chi connectivity index (χ0n) is 7.05. The van der Waals surface area contributed by atoms with E-state index in [0.717, 1.165) is 19.3 Å². The van der Waals surface area contributed by atoms with Crippen molar-refractivity contribution < 1.29 is 13.9 Å². The minimum Gasteiger partial charge on any atom is -0.448 e. The molecule has 0 N–H and O–H groups in total. The first-order chi connectivity index (χ1) is 6.29. The fourth-order valence-corrected chi connectivity index (χ4v) is 1.75. The van der Waals surface area contributed by atoms with Gasteiger partial charge in [-0.25, -0.2) is 4.39 Å². The highest BCUT2D eigenvalue weighted by molar-refractivity contribution is 5.44. The maximum atomic E-state index is 13.2. The van der Waals surface area contributed by atoms with Crippen LogP contribution in [0.1, 0.15) is 19.3 Å². The van der Waals surface area contributed by atoms with Crippen molar-refractivity contribution in [1.82, 2.24) is 0 Å². The number of rotatable bonds is 0. The molecule has 0 aromatic heterocycles. The van der Waals surface area contributed by atoms with Gasteiger partial charge in [-0.2, -0.15) is 0 Å². The Balaban J connectivity index is 2.03. The summed E-state index contributed by atoms with van der Waals surface area (Å²) < 4.78 is 24.2. The van der Waals surface area contributed by atoms with E-state index in [0.29, 0.717) is 5.75 Å². The summed E-state index contributed by atoms with van der Waals surface area (Å²) in [6, 6.07) is 4.76. The van der Waals surface area contributed by atoms with Crippen LogP contribution < -0.4 is 9.47 Å². The molecule has 0 amide bonds. The molecular formula is C10H9FO2. The Hall–Kier alpha value is -1.25. The molecule has 1 spiro atoms. The molecule has 0 radical (unpaired) electrons. The second kappa shape index (κ2) is 2.16. The Bertz CT molecular complexity index is 358. The third kappa shape index (κ3) is 0.870. The Morgan fingerprint density at radius 1 is 1.23 bits per heavy atom. The first-order valence-corrected chi connectivity index (χ1v) is 4.46. The summed E-state index contributed by atoms with van der Waals surface area (Å²) in [4.78, 5) is 0. The van der Waals surface area contributed by atoms with Crippen molar-refractivity contribution in [3.05, 3.63) is 24.0 Å². The van der Waals surface area contributed by atoms with E-state index in [1.54, 1.807) is 12.1 Å². The van der Waals surface area contributed by atoms with Gasteiger partial charge in [-0.3, -0.25) is 0 Å². The summed E-state index contributed by atoms with van der Waals surface area (Å²) in [6.45, 7) is 0. The summed E-state index contributed by atoms with van der Waals surface area (Å²) in [7, 11) is 0. The largest absolute Gasteiger partial charge is 0.448 e. The molecule has 0 bridgehead atoms. The molecule has 1 saturated carbocycles. The SMILES string of the molecule is Fc1cccc2c1OC1(CCC1)O2. The van der Waals surface area contributed by atoms with Crippen LogP contribution in [0.4, 0.5) is 4.39 Å². The minimum atomic E-state index is -0.523. The number of halogens is 1. The lowest BCUT2D eigenvalue weighted by atomic mass is 9.91. The van der Waals surface area contributed by atoms with Gasteiger partial charge < -0.3 is 9.47 Å². The number of hydrogen-bond acceptors (Lipinski definition) is 2. The third-order valence-electron chi connectivity index (χ3n) is 2.63. The quantitative estimate of drug-likeness (QED) is 0.610. The van der Waals surface area contributed by atoms with Crippen LogP contribution in [0.25, 0.3) is 0 Å². The van der Waals surface area contributed by atoms with E-state index in [-0.39, 0.29) is 11.6 Å². The van der Waals surface area contributed by atoms with Crippen molar-refractivity contribution >= 4 is 0 Å². The molecule has 2 nitrogen and oxygen atoms in total. The Kier molecular flexibility index (Phi) is 1.19. The van der Waals surface area contributed by atoms with Crippen LogP contribution >= 0.6 is 0 Å². The maximum absolute atomic E-state index is 13.2. The Labute approximate surface area is 75.3 Å². The maximum Gasteiger partial charge on any atom is 0.251 e. The van der Waals surface area contributed by atoms with Crippen LogP contribution in [0.5, 0.6) is 11.5 Å². The van der Waals surface area contributed by atoms with Gasteiger partial charge in [0, 0.05) is 12.8 Å². The summed E-state index contributed by atoms with van der Waals surface area (Å²) in [6.07, 6.45) is 2.82. The van der Waals surface area contributed by atoms with E-state index < -0.39 is 5.79 Å². The van der Waals surface area contributed by atoms with E-state index in [1.165, 1.54) is 6.07 Å². The van der Waals surface area contributed by atoms with Gasteiger partial charge in [0.05, 0.1) is 0 Å². The molecule has 1 heterocycles. The predicted octanol–water partition coefficient (Wildman–Crippen LogP) is 2.48. The Morgan fingerprint density at radius 3 is 2.69 bits per heavy atom. The molecule has 1 aliphatic carbocycles. The number of hydrogen-bond donors (Lipinski definition) is 0. The van der Waals surface area contributed by atoms with Crippen LogP contribution in [0.2, 0.25) is 0 Å². The summed E-state index contributed by atoms with van der Waals surface area (Å²) in [5.41, 5.74) is 0. The first kappa shape index (κ1) is 7.18. The van der Waals surface area contributed by atoms with Crippen molar-refractivity contribution in [2.24, 2.45) is 0 Å². The van der Waals surface area contributed by atoms with E-state index in [4.69, 9.17) is 9.47 Å². The van der Waals surface area contributed by atoms with E-state index in [9.17, 15) is 4.39 Å². The number of fused-ring (bicyclic) bond motifs is 1. The highest BCUT2D eigenvalue weighted by atomic mass is 19.1. The lowest BCUT2D eigenvalue weighted by Crippen LogP contribution is -2.45. The standard InChI is InChI=1S/C10H9FO2/c11-7-3-1-4-8-9(7)13-10(12-8)5-2-6-10/h1,3-4H,2,5-6H2. The van der Waals surface area contributed by atoms with Crippen molar-refractivity contribution in [1.29, 1.82) is 0 Å². The predicted molar refractivity (Wildman–Crippen MR) is 44.2 cm³/mol. The van der Waals surface area contributed by atoms with E-state index >= 15 is 0 Å². The number of benzene rings is 1. The van der Waals surface area contributed by atoms with Gasteiger partial charge in [0.1, 0.15) is 0 Å². The molecule has 13 heavy (non-hydrogen) atoms. The van der Waals surface area contributed by atoms with Crippen molar-refractivity contribution in [2.75, 3.05) is 0 Å². The summed E-state index contributed by atoms with van der Waals surface area (Å²) >= 11 is 0. The van der Waals surface area contributed by atoms with Crippen molar-refractivity contribution in [2.45, 2.75) is 25.0 Å². The molecule has 2 aliphatic rings. The normalized spacial score (nSPS) is 21.6. The van der Waals surface area contributed by atoms with E-state index in [1.807, 2.05) is 0 Å². The Morgan fingerprint density at radius 2 is 2.08 bits per heavy atom. The molecule has 0 saturated heterocycles. The smallest absolute Gasteiger partial charge is 0.251 e. The molecule has 3 rings (SSSR count). The van der Waals surface area contributed by atoms with Gasteiger partial charge in [-0.15, -0.1) is 0 Å². The molecule has 1 fully saturated rings. The van der Waals surface area contributed by atoms with Crippen LogP contribution in [-0.2, 0) is 0 Å². The third-order valence-corrected chi connectivity index (χ3v) is 2.63. The van der Waals surface area contributed by atoms with Crippen LogP contribution in [0.3, 0.4) is 0 Å². The lowest BCUT2D eigenvalue weighted by Gasteiger charge is -2.35. The van der Waals surface area contributed by atoms with Crippen LogP contribution in [-0.4, -0.2) is 5.79 Å². The monoisotopic (exact) mass is 180 g/mol. The second-order valence-corrected chi connectivity index (χ2v) is 3.54. The highest BCUT2D eigenvalue weighted by Gasteiger charge is 2.47. The van der Waals surface area contributed by atoms with Gasteiger partial charge in [-0.1, -0.05) is 6.07 Å². The zero-order chi connectivity index (χ0) is 8.89. The van der Waals surface area contributed by atoms with Gasteiger partial charge >= 0.3 is 0 Å². The minimum absolute atomic E-state index is 0.280. The van der Waals surface area contributed by atoms with E-state index in [2.05, 4.69) is 0 Å². The number of para-hydroxylation sites is 1. The van der Waals surface area contributed by atoms with Gasteiger partial charge in [-0.05, 0) is 18.6 Å². The number of ether oxygens (including phenoxy) is 2. The fraction of sp³-hybridized carbons (Fsp3) is 0.400. The van der Waals surface area contributed by atoms with Gasteiger partial charge in [0.25, 0.3) is 5.79 Å². The van der Waals surface area contributed by atoms with Crippen LogP contribution in [0.15, 0.2) is 18.2 Å². The average molecular weight is 180 g/mol. The molecule has 68 valence electrons. The second-order valence-electron chi connectivity index (χ2n) is 3.54. The molecule has 3 heteroatoms. The molecule has 0 unspecified atom stereocenters. The first-order valence-electron chi connectivity index (χ1n) is 4.46. The summed E-state index contributed by atoms with van der Waals surface area (Å²) in [5.74, 6) is -0.0342. The van der Waals surface area contributed by atoms with Gasteiger partial charge in [0.2, 0.25) is 5.75 Å². The lowest BCUT2D eigenvalue weighted by molar-refractivity contribution is -0.139. The van der Waals surface area contributed by atoms with Crippen molar-refractivity contribution in [3.8, 4) is 11.5 Å². The topological polar surface area (TPSA) is 18.5 Å². The molecule has 1 aromatic carbocycles. The molecular weight excluding hydrogens is 171 g/mol. The van der Waals surface area contributed by atoms with Gasteiger partial charge in [0.15, 0.2) is 11.6 Å². The fourth-order valence-electron chi connectivity index (χ4n) is 1.75. The van der Waals surface area contributed by atoms with Crippen LogP contribution in [0, 0.1) is 5.82 Å². The average Bonchev–Trinajstić information content (AvgIpc) is 2.44.